The van der Waals surface area contributed by atoms with Crippen molar-refractivity contribution in [3.8, 4) is 10.6 Å². The van der Waals surface area contributed by atoms with Crippen molar-refractivity contribution in [2.24, 2.45) is 5.92 Å². The summed E-state index contributed by atoms with van der Waals surface area (Å²) in [5.74, 6) is 1.44. The van der Waals surface area contributed by atoms with E-state index in [-0.39, 0.29) is 0 Å². The average Bonchev–Trinajstić information content (AvgIpc) is 2.86. The molecular formula is C12H15ClN2OS. The van der Waals surface area contributed by atoms with Gasteiger partial charge in [0.05, 0.1) is 9.21 Å². The number of oxazole rings is 1. The number of nitrogens with one attached hydrogen (secondary N) is 1. The molecule has 0 aliphatic rings. The first kappa shape index (κ1) is 12.6. The molecule has 2 heterocycles. The van der Waals surface area contributed by atoms with Crippen LogP contribution in [0.3, 0.4) is 0 Å². The summed E-state index contributed by atoms with van der Waals surface area (Å²) in [7, 11) is 0. The second kappa shape index (κ2) is 5.67. The van der Waals surface area contributed by atoms with E-state index < -0.39 is 0 Å². The van der Waals surface area contributed by atoms with Gasteiger partial charge < -0.3 is 9.73 Å². The van der Waals surface area contributed by atoms with Crippen molar-refractivity contribution in [3.63, 3.8) is 0 Å². The molecule has 0 saturated heterocycles. The molecule has 2 rings (SSSR count). The highest BCUT2D eigenvalue weighted by Gasteiger charge is 2.12. The maximum absolute atomic E-state index is 5.92. The Balaban J connectivity index is 2.07. The standard InChI is InChI=1S/C12H15ClN2OS/c1-8(2)5-14-6-9-12(16-7-15-9)10-3-4-11(13)17-10/h3-4,7-8,14H,5-6H2,1-2H3. The van der Waals surface area contributed by atoms with Crippen LogP contribution in [0, 0.1) is 5.92 Å². The minimum atomic E-state index is 0.626. The molecule has 5 heteroatoms. The Morgan fingerprint density at radius 2 is 2.29 bits per heavy atom. The summed E-state index contributed by atoms with van der Waals surface area (Å²) in [6.45, 7) is 6.04. The molecule has 0 spiro atoms. The molecule has 17 heavy (non-hydrogen) atoms. The van der Waals surface area contributed by atoms with Gasteiger partial charge in [-0.15, -0.1) is 11.3 Å². The first-order valence-electron chi connectivity index (χ1n) is 5.55. The highest BCUT2D eigenvalue weighted by molar-refractivity contribution is 7.19. The fraction of sp³-hybridized carbons (Fsp3) is 0.417. The topological polar surface area (TPSA) is 38.1 Å². The summed E-state index contributed by atoms with van der Waals surface area (Å²) in [5.41, 5.74) is 0.934. The predicted molar refractivity (Wildman–Crippen MR) is 71.4 cm³/mol. The fourth-order valence-corrected chi connectivity index (χ4v) is 2.56. The van der Waals surface area contributed by atoms with Crippen LogP contribution < -0.4 is 5.32 Å². The van der Waals surface area contributed by atoms with Gasteiger partial charge in [0.15, 0.2) is 12.2 Å². The van der Waals surface area contributed by atoms with Gasteiger partial charge in [0.1, 0.15) is 5.69 Å². The van der Waals surface area contributed by atoms with E-state index in [0.717, 1.165) is 33.8 Å². The van der Waals surface area contributed by atoms with Gasteiger partial charge in [0.2, 0.25) is 0 Å². The molecule has 2 aromatic rings. The van der Waals surface area contributed by atoms with Crippen molar-refractivity contribution < 1.29 is 4.42 Å². The van der Waals surface area contributed by atoms with Crippen LogP contribution in [0.25, 0.3) is 10.6 Å². The quantitative estimate of drug-likeness (QED) is 0.898. The smallest absolute Gasteiger partial charge is 0.181 e. The second-order valence-electron chi connectivity index (χ2n) is 4.26. The fourth-order valence-electron chi connectivity index (χ4n) is 1.51. The first-order valence-corrected chi connectivity index (χ1v) is 6.75. The van der Waals surface area contributed by atoms with Crippen LogP contribution in [0.15, 0.2) is 22.9 Å². The summed E-state index contributed by atoms with van der Waals surface area (Å²) in [4.78, 5) is 5.26. The van der Waals surface area contributed by atoms with Crippen molar-refractivity contribution in [2.75, 3.05) is 6.54 Å². The summed E-state index contributed by atoms with van der Waals surface area (Å²) < 4.78 is 6.18. The highest BCUT2D eigenvalue weighted by atomic mass is 35.5. The van der Waals surface area contributed by atoms with Crippen molar-refractivity contribution in [2.45, 2.75) is 20.4 Å². The Labute approximate surface area is 110 Å². The van der Waals surface area contributed by atoms with E-state index in [2.05, 4.69) is 24.1 Å². The van der Waals surface area contributed by atoms with Crippen molar-refractivity contribution in [1.82, 2.24) is 10.3 Å². The summed E-state index contributed by atoms with van der Waals surface area (Å²) >= 11 is 7.42. The molecule has 3 nitrogen and oxygen atoms in total. The van der Waals surface area contributed by atoms with Crippen LogP contribution in [-0.2, 0) is 6.54 Å². The lowest BCUT2D eigenvalue weighted by Crippen LogP contribution is -2.19. The summed E-state index contributed by atoms with van der Waals surface area (Å²) in [6, 6.07) is 3.83. The summed E-state index contributed by atoms with van der Waals surface area (Å²) in [5, 5.41) is 3.35. The average molecular weight is 271 g/mol. The third kappa shape index (κ3) is 3.31. The lowest BCUT2D eigenvalue weighted by molar-refractivity contribution is 0.545. The molecule has 0 aliphatic carbocycles. The van der Waals surface area contributed by atoms with E-state index in [0.29, 0.717) is 5.92 Å². The van der Waals surface area contributed by atoms with Crippen LogP contribution in [0.2, 0.25) is 4.34 Å². The molecule has 2 aromatic heterocycles. The van der Waals surface area contributed by atoms with Gasteiger partial charge in [-0.25, -0.2) is 4.98 Å². The Kier molecular flexibility index (Phi) is 4.20. The van der Waals surface area contributed by atoms with Gasteiger partial charge >= 0.3 is 0 Å². The SMILES string of the molecule is CC(C)CNCc1ncoc1-c1ccc(Cl)s1. The number of aromatic nitrogens is 1. The van der Waals surface area contributed by atoms with Gasteiger partial charge in [-0.3, -0.25) is 0 Å². The molecule has 0 bridgehead atoms. The first-order chi connectivity index (χ1) is 8.16. The Bertz CT molecular complexity index is 478. The third-order valence-electron chi connectivity index (χ3n) is 2.28. The Morgan fingerprint density at radius 3 is 2.94 bits per heavy atom. The highest BCUT2D eigenvalue weighted by Crippen LogP contribution is 2.32. The lowest BCUT2D eigenvalue weighted by Gasteiger charge is -2.05. The van der Waals surface area contributed by atoms with Gasteiger partial charge in [-0.05, 0) is 24.6 Å². The number of hydrogen-bond acceptors (Lipinski definition) is 4. The molecule has 0 saturated carbocycles. The minimum Gasteiger partial charge on any atom is -0.442 e. The molecule has 0 unspecified atom stereocenters. The molecule has 0 aromatic carbocycles. The maximum Gasteiger partial charge on any atom is 0.181 e. The molecule has 1 N–H and O–H groups in total. The number of rotatable bonds is 5. The van der Waals surface area contributed by atoms with Crippen LogP contribution in [0.5, 0.6) is 0 Å². The zero-order valence-corrected chi connectivity index (χ0v) is 11.4. The molecule has 0 aliphatic heterocycles. The van der Waals surface area contributed by atoms with Gasteiger partial charge in [-0.1, -0.05) is 25.4 Å². The van der Waals surface area contributed by atoms with Crippen LogP contribution >= 0.6 is 22.9 Å². The van der Waals surface area contributed by atoms with Gasteiger partial charge in [0.25, 0.3) is 0 Å². The van der Waals surface area contributed by atoms with Crippen molar-refractivity contribution in [3.05, 3.63) is 28.6 Å². The van der Waals surface area contributed by atoms with Crippen LogP contribution in [-0.4, -0.2) is 11.5 Å². The van der Waals surface area contributed by atoms with Gasteiger partial charge in [-0.2, -0.15) is 0 Å². The number of hydrogen-bond donors (Lipinski definition) is 1. The van der Waals surface area contributed by atoms with Crippen LogP contribution in [0.1, 0.15) is 19.5 Å². The van der Waals surface area contributed by atoms with Gasteiger partial charge in [0, 0.05) is 6.54 Å². The molecule has 0 radical (unpaired) electrons. The van der Waals surface area contributed by atoms with Crippen molar-refractivity contribution >= 4 is 22.9 Å². The van der Waals surface area contributed by atoms with Crippen molar-refractivity contribution in [1.29, 1.82) is 0 Å². The molecule has 92 valence electrons. The van der Waals surface area contributed by atoms with E-state index in [1.54, 1.807) is 0 Å². The zero-order valence-electron chi connectivity index (χ0n) is 9.87. The van der Waals surface area contributed by atoms with E-state index in [1.165, 1.54) is 17.7 Å². The molecular weight excluding hydrogens is 256 g/mol. The number of thiophene rings is 1. The van der Waals surface area contributed by atoms with E-state index in [4.69, 9.17) is 16.0 Å². The molecule has 0 atom stereocenters. The predicted octanol–water partition coefficient (Wildman–Crippen LogP) is 3.80. The molecule has 0 amide bonds. The van der Waals surface area contributed by atoms with E-state index in [9.17, 15) is 0 Å². The second-order valence-corrected chi connectivity index (χ2v) is 5.97. The van der Waals surface area contributed by atoms with E-state index in [1.807, 2.05) is 12.1 Å². The monoisotopic (exact) mass is 270 g/mol. The van der Waals surface area contributed by atoms with E-state index >= 15 is 0 Å². The minimum absolute atomic E-state index is 0.626. The molecule has 0 fully saturated rings. The number of nitrogens with zero attached hydrogens (tertiary/aromatic N) is 1. The lowest BCUT2D eigenvalue weighted by atomic mass is 10.2. The zero-order chi connectivity index (χ0) is 12.3. The Hall–Kier alpha value is -0.840. The normalized spacial score (nSPS) is 11.3. The number of halogens is 1. The maximum atomic E-state index is 5.92. The Morgan fingerprint density at radius 1 is 1.47 bits per heavy atom. The van der Waals surface area contributed by atoms with Crippen LogP contribution in [0.4, 0.5) is 0 Å². The largest absolute Gasteiger partial charge is 0.442 e. The third-order valence-corrected chi connectivity index (χ3v) is 3.51. The summed E-state index contributed by atoms with van der Waals surface area (Å²) in [6.07, 6.45) is 1.48.